The van der Waals surface area contributed by atoms with Gasteiger partial charge in [0.05, 0.1) is 0 Å². The van der Waals surface area contributed by atoms with Crippen LogP contribution in [-0.2, 0) is 0 Å². The fourth-order valence-corrected chi connectivity index (χ4v) is 2.82. The van der Waals surface area contributed by atoms with E-state index in [0.29, 0.717) is 5.52 Å². The van der Waals surface area contributed by atoms with Gasteiger partial charge >= 0.3 is 0 Å². The lowest BCUT2D eigenvalue weighted by Crippen LogP contribution is -2.20. The first-order valence-corrected chi connectivity index (χ1v) is 7.63. The van der Waals surface area contributed by atoms with Gasteiger partial charge in [-0.25, -0.2) is 0 Å². The van der Waals surface area contributed by atoms with Gasteiger partial charge in [0.2, 0.25) is 0 Å². The third-order valence-corrected chi connectivity index (χ3v) is 3.86. The number of unbranched alkanes of at least 4 members (excludes halogenated alkanes) is 3. The summed E-state index contributed by atoms with van der Waals surface area (Å²) in [4.78, 5) is 6.56. The molecule has 1 heterocycles. The van der Waals surface area contributed by atoms with Crippen LogP contribution in [0, 0.1) is 6.92 Å². The van der Waals surface area contributed by atoms with E-state index in [0.717, 1.165) is 42.6 Å². The number of aromatic hydroxyl groups is 1. The molecule has 0 atom stereocenters. The number of benzene rings is 1. The summed E-state index contributed by atoms with van der Waals surface area (Å²) in [5.74, 6) is 0.253. The largest absolute Gasteiger partial charge is 0.506 e. The maximum Gasteiger partial charge on any atom is 0.142 e. The van der Waals surface area contributed by atoms with Gasteiger partial charge in [-0.2, -0.15) is 0 Å². The highest BCUT2D eigenvalue weighted by Crippen LogP contribution is 2.34. The summed E-state index contributed by atoms with van der Waals surface area (Å²) in [5.41, 5.74) is 8.43. The van der Waals surface area contributed by atoms with Gasteiger partial charge in [-0.3, -0.25) is 4.98 Å². The van der Waals surface area contributed by atoms with Crippen molar-refractivity contribution < 1.29 is 5.11 Å². The van der Waals surface area contributed by atoms with Crippen LogP contribution in [0.5, 0.6) is 5.75 Å². The van der Waals surface area contributed by atoms with Crippen LogP contribution in [0.3, 0.4) is 0 Å². The molecular formula is C17H25N3O. The minimum absolute atomic E-state index is 0.253. The monoisotopic (exact) mass is 287 g/mol. The lowest BCUT2D eigenvalue weighted by molar-refractivity contribution is 0.480. The van der Waals surface area contributed by atoms with E-state index in [-0.39, 0.29) is 5.75 Å². The number of phenolic OH excluding ortho intramolecular Hbond substituents is 1. The Bertz CT molecular complexity index is 598. The van der Waals surface area contributed by atoms with Crippen molar-refractivity contribution in [3.63, 3.8) is 0 Å². The van der Waals surface area contributed by atoms with Crippen LogP contribution in [0.15, 0.2) is 24.4 Å². The zero-order valence-electron chi connectivity index (χ0n) is 13.0. The molecule has 3 N–H and O–H groups in total. The van der Waals surface area contributed by atoms with Gasteiger partial charge in [0.25, 0.3) is 0 Å². The van der Waals surface area contributed by atoms with E-state index in [2.05, 4.69) is 16.9 Å². The number of fused-ring (bicyclic) bond motifs is 1. The molecule has 0 fully saturated rings. The number of anilines is 1. The van der Waals surface area contributed by atoms with Crippen LogP contribution in [0.4, 0.5) is 5.69 Å². The second-order valence-corrected chi connectivity index (χ2v) is 5.59. The Morgan fingerprint density at radius 1 is 1.24 bits per heavy atom. The Morgan fingerprint density at radius 3 is 2.76 bits per heavy atom. The van der Waals surface area contributed by atoms with E-state index < -0.39 is 0 Å². The molecule has 2 rings (SSSR count). The number of phenols is 1. The number of aromatic nitrogens is 1. The molecule has 0 bridgehead atoms. The normalized spacial score (nSPS) is 11.0. The molecule has 1 aromatic carbocycles. The Balaban J connectivity index is 2.17. The Morgan fingerprint density at radius 2 is 2.00 bits per heavy atom. The zero-order valence-corrected chi connectivity index (χ0v) is 13.0. The summed E-state index contributed by atoms with van der Waals surface area (Å²) in [6.45, 7) is 3.82. The Hall–Kier alpha value is -1.81. The van der Waals surface area contributed by atoms with Crippen molar-refractivity contribution in [3.05, 3.63) is 30.0 Å². The zero-order chi connectivity index (χ0) is 15.2. The molecule has 0 unspecified atom stereocenters. The van der Waals surface area contributed by atoms with Crippen molar-refractivity contribution in [2.75, 3.05) is 25.0 Å². The van der Waals surface area contributed by atoms with Crippen molar-refractivity contribution in [1.29, 1.82) is 0 Å². The summed E-state index contributed by atoms with van der Waals surface area (Å²) >= 11 is 0. The van der Waals surface area contributed by atoms with Crippen LogP contribution in [-0.4, -0.2) is 30.2 Å². The molecule has 2 aromatic rings. The van der Waals surface area contributed by atoms with E-state index >= 15 is 0 Å². The molecule has 21 heavy (non-hydrogen) atoms. The van der Waals surface area contributed by atoms with Crippen LogP contribution in [0.1, 0.15) is 31.2 Å². The molecule has 0 aliphatic carbocycles. The van der Waals surface area contributed by atoms with Crippen molar-refractivity contribution in [3.8, 4) is 5.75 Å². The summed E-state index contributed by atoms with van der Waals surface area (Å²) in [7, 11) is 2.11. The first-order chi connectivity index (χ1) is 10.1. The molecule has 0 aliphatic heterocycles. The number of nitrogens with two attached hydrogens (primary N) is 1. The molecule has 0 spiro atoms. The van der Waals surface area contributed by atoms with Crippen LogP contribution in [0.2, 0.25) is 0 Å². The minimum Gasteiger partial charge on any atom is -0.506 e. The summed E-state index contributed by atoms with van der Waals surface area (Å²) in [6.07, 6.45) is 6.37. The van der Waals surface area contributed by atoms with Crippen LogP contribution >= 0.6 is 0 Å². The lowest BCUT2D eigenvalue weighted by Gasteiger charge is -2.23. The van der Waals surface area contributed by atoms with Crippen LogP contribution < -0.4 is 10.6 Å². The highest BCUT2D eigenvalue weighted by molar-refractivity contribution is 5.97. The van der Waals surface area contributed by atoms with Gasteiger partial charge in [-0.1, -0.05) is 12.8 Å². The fraction of sp³-hybridized carbons (Fsp3) is 0.471. The second kappa shape index (κ2) is 7.27. The molecule has 4 nitrogen and oxygen atoms in total. The minimum atomic E-state index is 0.253. The summed E-state index contributed by atoms with van der Waals surface area (Å²) < 4.78 is 0. The predicted molar refractivity (Wildman–Crippen MR) is 88.9 cm³/mol. The first-order valence-electron chi connectivity index (χ1n) is 7.63. The molecule has 114 valence electrons. The number of aryl methyl sites for hydroxylation is 1. The highest BCUT2D eigenvalue weighted by atomic mass is 16.3. The molecule has 0 radical (unpaired) electrons. The SMILES string of the molecule is Cc1cc(O)c2ncccc2c1N(C)CCCCCCN. The highest BCUT2D eigenvalue weighted by Gasteiger charge is 2.13. The Labute approximate surface area is 126 Å². The topological polar surface area (TPSA) is 62.4 Å². The van der Waals surface area contributed by atoms with E-state index in [4.69, 9.17) is 5.73 Å². The molecule has 1 aromatic heterocycles. The molecule has 0 saturated carbocycles. The number of rotatable bonds is 7. The number of pyridine rings is 1. The van der Waals surface area contributed by atoms with E-state index in [1.54, 1.807) is 12.3 Å². The van der Waals surface area contributed by atoms with Crippen molar-refractivity contribution >= 4 is 16.6 Å². The van der Waals surface area contributed by atoms with Gasteiger partial charge in [0, 0.05) is 30.9 Å². The third kappa shape index (κ3) is 3.64. The van der Waals surface area contributed by atoms with Gasteiger partial charge < -0.3 is 15.7 Å². The standard InChI is InChI=1S/C17H25N3O/c1-13-12-15(21)16-14(8-7-10-19-16)17(13)20(2)11-6-4-3-5-9-18/h7-8,10,12,21H,3-6,9,11,18H2,1-2H3. The van der Waals surface area contributed by atoms with Gasteiger partial charge in [0.1, 0.15) is 11.3 Å². The van der Waals surface area contributed by atoms with Gasteiger partial charge in [-0.05, 0) is 50.1 Å². The van der Waals surface area contributed by atoms with Crippen LogP contribution in [0.25, 0.3) is 10.9 Å². The summed E-state index contributed by atoms with van der Waals surface area (Å²) in [5, 5.41) is 11.1. The molecule has 0 amide bonds. The maximum absolute atomic E-state index is 10.0. The molecular weight excluding hydrogens is 262 g/mol. The predicted octanol–water partition coefficient (Wildman–Crippen LogP) is 3.20. The second-order valence-electron chi connectivity index (χ2n) is 5.59. The van der Waals surface area contributed by atoms with Crippen molar-refractivity contribution in [2.45, 2.75) is 32.6 Å². The number of hydrogen-bond donors (Lipinski definition) is 2. The van der Waals surface area contributed by atoms with Gasteiger partial charge in [0.15, 0.2) is 0 Å². The number of hydrogen-bond acceptors (Lipinski definition) is 4. The number of nitrogens with zero attached hydrogens (tertiary/aromatic N) is 2. The Kier molecular flexibility index (Phi) is 5.39. The average molecular weight is 287 g/mol. The smallest absolute Gasteiger partial charge is 0.142 e. The molecule has 0 saturated heterocycles. The van der Waals surface area contributed by atoms with E-state index in [1.807, 2.05) is 19.1 Å². The van der Waals surface area contributed by atoms with Crippen molar-refractivity contribution in [2.24, 2.45) is 5.73 Å². The molecule has 4 heteroatoms. The molecule has 0 aliphatic rings. The van der Waals surface area contributed by atoms with Gasteiger partial charge in [-0.15, -0.1) is 0 Å². The summed E-state index contributed by atoms with van der Waals surface area (Å²) in [6, 6.07) is 5.74. The van der Waals surface area contributed by atoms with Crippen molar-refractivity contribution in [1.82, 2.24) is 4.98 Å². The third-order valence-electron chi connectivity index (χ3n) is 3.86. The average Bonchev–Trinajstić information content (AvgIpc) is 2.47. The van der Waals surface area contributed by atoms with E-state index in [1.165, 1.54) is 12.8 Å². The maximum atomic E-state index is 10.0. The quantitative estimate of drug-likeness (QED) is 0.768. The van der Waals surface area contributed by atoms with E-state index in [9.17, 15) is 5.11 Å². The fourth-order valence-electron chi connectivity index (χ4n) is 2.82. The lowest BCUT2D eigenvalue weighted by atomic mass is 10.1. The first kappa shape index (κ1) is 15.6.